The van der Waals surface area contributed by atoms with Crippen LogP contribution >= 0.6 is 23.2 Å². The molecule has 0 aliphatic rings. The van der Waals surface area contributed by atoms with Crippen LogP contribution < -0.4 is 0 Å². The van der Waals surface area contributed by atoms with Gasteiger partial charge in [-0.05, 0) is 6.07 Å². The standard InChI is InChI=1S/C8H8Cl2N2O/c1-12(2)8(13)6-3-5(9)4-11-7(6)10/h3-4H,1-2H3. The van der Waals surface area contributed by atoms with Gasteiger partial charge in [0.05, 0.1) is 10.6 Å². The van der Waals surface area contributed by atoms with E-state index in [-0.39, 0.29) is 11.1 Å². The summed E-state index contributed by atoms with van der Waals surface area (Å²) in [7, 11) is 3.28. The Morgan fingerprint density at radius 2 is 2.08 bits per heavy atom. The summed E-state index contributed by atoms with van der Waals surface area (Å²) < 4.78 is 0. The van der Waals surface area contributed by atoms with Gasteiger partial charge in [-0.2, -0.15) is 0 Å². The van der Waals surface area contributed by atoms with E-state index in [4.69, 9.17) is 23.2 Å². The molecule has 1 heterocycles. The average Bonchev–Trinajstić information content (AvgIpc) is 2.08. The molecule has 5 heteroatoms. The molecule has 1 amide bonds. The second-order valence-corrected chi connectivity index (χ2v) is 3.49. The number of carbonyl (C=O) groups excluding carboxylic acids is 1. The van der Waals surface area contributed by atoms with Crippen LogP contribution in [0.4, 0.5) is 0 Å². The first-order valence-corrected chi connectivity index (χ1v) is 4.30. The third kappa shape index (κ3) is 2.32. The number of nitrogens with zero attached hydrogens (tertiary/aromatic N) is 2. The molecule has 0 saturated carbocycles. The molecular formula is C8H8Cl2N2O. The van der Waals surface area contributed by atoms with Gasteiger partial charge in [-0.15, -0.1) is 0 Å². The minimum atomic E-state index is -0.208. The van der Waals surface area contributed by atoms with Crippen molar-refractivity contribution < 1.29 is 4.79 Å². The SMILES string of the molecule is CN(C)C(=O)c1cc(Cl)cnc1Cl. The van der Waals surface area contributed by atoms with E-state index in [1.165, 1.54) is 17.2 Å². The maximum atomic E-state index is 11.5. The van der Waals surface area contributed by atoms with Crippen LogP contribution in [0.3, 0.4) is 0 Å². The zero-order valence-electron chi connectivity index (χ0n) is 7.21. The Bertz CT molecular complexity index is 339. The molecule has 0 fully saturated rings. The fourth-order valence-electron chi connectivity index (χ4n) is 0.813. The molecule has 0 aliphatic carbocycles. The fraction of sp³-hybridized carbons (Fsp3) is 0.250. The van der Waals surface area contributed by atoms with Gasteiger partial charge in [-0.1, -0.05) is 23.2 Å². The van der Waals surface area contributed by atoms with Gasteiger partial charge in [0.2, 0.25) is 0 Å². The lowest BCUT2D eigenvalue weighted by Gasteiger charge is -2.10. The molecule has 0 saturated heterocycles. The largest absolute Gasteiger partial charge is 0.345 e. The van der Waals surface area contributed by atoms with Gasteiger partial charge in [0.15, 0.2) is 0 Å². The topological polar surface area (TPSA) is 33.2 Å². The van der Waals surface area contributed by atoms with E-state index in [0.717, 1.165) is 0 Å². The van der Waals surface area contributed by atoms with Crippen molar-refractivity contribution in [1.82, 2.24) is 9.88 Å². The van der Waals surface area contributed by atoms with Crippen LogP contribution in [0.25, 0.3) is 0 Å². The summed E-state index contributed by atoms with van der Waals surface area (Å²) in [6.07, 6.45) is 1.40. The number of amides is 1. The highest BCUT2D eigenvalue weighted by atomic mass is 35.5. The average molecular weight is 219 g/mol. The third-order valence-electron chi connectivity index (χ3n) is 1.44. The van der Waals surface area contributed by atoms with Crippen molar-refractivity contribution in [2.24, 2.45) is 0 Å². The first-order valence-electron chi connectivity index (χ1n) is 3.55. The molecule has 1 rings (SSSR count). The first-order chi connectivity index (χ1) is 6.02. The summed E-state index contributed by atoms with van der Waals surface area (Å²) in [4.78, 5) is 16.6. The number of aromatic nitrogens is 1. The Balaban J connectivity index is 3.13. The summed E-state index contributed by atoms with van der Waals surface area (Å²) in [6.45, 7) is 0. The molecule has 0 aliphatic heterocycles. The minimum absolute atomic E-state index is 0.170. The molecule has 0 N–H and O–H groups in total. The van der Waals surface area contributed by atoms with Crippen molar-refractivity contribution in [2.75, 3.05) is 14.1 Å². The van der Waals surface area contributed by atoms with Crippen LogP contribution in [0.15, 0.2) is 12.3 Å². The van der Waals surface area contributed by atoms with Crippen molar-refractivity contribution in [1.29, 1.82) is 0 Å². The highest BCUT2D eigenvalue weighted by Gasteiger charge is 2.13. The van der Waals surface area contributed by atoms with E-state index >= 15 is 0 Å². The number of rotatable bonds is 1. The van der Waals surface area contributed by atoms with Gasteiger partial charge in [-0.3, -0.25) is 4.79 Å². The molecule has 0 unspecified atom stereocenters. The number of pyridine rings is 1. The molecule has 0 radical (unpaired) electrons. The number of halogens is 2. The van der Waals surface area contributed by atoms with Crippen molar-refractivity contribution in [3.05, 3.63) is 28.0 Å². The number of hydrogen-bond donors (Lipinski definition) is 0. The van der Waals surface area contributed by atoms with Crippen molar-refractivity contribution in [2.45, 2.75) is 0 Å². The summed E-state index contributed by atoms with van der Waals surface area (Å²) >= 11 is 11.4. The highest BCUT2D eigenvalue weighted by molar-refractivity contribution is 6.34. The predicted molar refractivity (Wildman–Crippen MR) is 52.3 cm³/mol. The lowest BCUT2D eigenvalue weighted by molar-refractivity contribution is 0.0827. The molecule has 70 valence electrons. The Morgan fingerprint density at radius 1 is 1.46 bits per heavy atom. The summed E-state index contributed by atoms with van der Waals surface area (Å²) in [5.74, 6) is -0.208. The molecule has 1 aromatic heterocycles. The Kier molecular flexibility index (Phi) is 3.12. The van der Waals surface area contributed by atoms with Crippen LogP contribution in [0.2, 0.25) is 10.2 Å². The zero-order valence-corrected chi connectivity index (χ0v) is 8.73. The predicted octanol–water partition coefficient (Wildman–Crippen LogP) is 2.09. The van der Waals surface area contributed by atoms with E-state index in [1.807, 2.05) is 0 Å². The summed E-state index contributed by atoms with van der Waals surface area (Å²) in [6, 6.07) is 1.50. The highest BCUT2D eigenvalue weighted by Crippen LogP contribution is 2.18. The van der Waals surface area contributed by atoms with Crippen molar-refractivity contribution >= 4 is 29.1 Å². The van der Waals surface area contributed by atoms with Crippen molar-refractivity contribution in [3.63, 3.8) is 0 Å². The van der Waals surface area contributed by atoms with E-state index in [0.29, 0.717) is 10.6 Å². The Labute approximate surface area is 86.3 Å². The van der Waals surface area contributed by atoms with Gasteiger partial charge in [0, 0.05) is 20.3 Å². The summed E-state index contributed by atoms with van der Waals surface area (Å²) in [5, 5.41) is 0.567. The molecule has 0 atom stereocenters. The maximum Gasteiger partial charge on any atom is 0.256 e. The van der Waals surface area contributed by atoms with Crippen LogP contribution in [0.5, 0.6) is 0 Å². The number of hydrogen-bond acceptors (Lipinski definition) is 2. The van der Waals surface area contributed by atoms with Gasteiger partial charge in [-0.25, -0.2) is 4.98 Å². The van der Waals surface area contributed by atoms with E-state index < -0.39 is 0 Å². The van der Waals surface area contributed by atoms with Crippen LogP contribution in [0, 0.1) is 0 Å². The van der Waals surface area contributed by atoms with Gasteiger partial charge in [0.25, 0.3) is 5.91 Å². The van der Waals surface area contributed by atoms with E-state index in [1.54, 1.807) is 14.1 Å². The fourth-order valence-corrected chi connectivity index (χ4v) is 1.16. The molecular weight excluding hydrogens is 211 g/mol. The Morgan fingerprint density at radius 3 is 2.62 bits per heavy atom. The van der Waals surface area contributed by atoms with Crippen LogP contribution in [-0.4, -0.2) is 29.9 Å². The normalized spacial score (nSPS) is 9.85. The smallest absolute Gasteiger partial charge is 0.256 e. The number of carbonyl (C=O) groups is 1. The molecule has 13 heavy (non-hydrogen) atoms. The maximum absolute atomic E-state index is 11.5. The molecule has 0 bridgehead atoms. The van der Waals surface area contributed by atoms with Crippen LogP contribution in [0.1, 0.15) is 10.4 Å². The lowest BCUT2D eigenvalue weighted by Crippen LogP contribution is -2.22. The van der Waals surface area contributed by atoms with E-state index in [9.17, 15) is 4.79 Å². The van der Waals surface area contributed by atoms with E-state index in [2.05, 4.69) is 4.98 Å². The molecule has 1 aromatic rings. The molecule has 0 spiro atoms. The molecule has 3 nitrogen and oxygen atoms in total. The Hall–Kier alpha value is -0.800. The zero-order chi connectivity index (χ0) is 10.0. The molecule has 0 aromatic carbocycles. The first kappa shape index (κ1) is 10.3. The van der Waals surface area contributed by atoms with Crippen molar-refractivity contribution in [3.8, 4) is 0 Å². The van der Waals surface area contributed by atoms with Gasteiger partial charge < -0.3 is 4.90 Å². The second kappa shape index (κ2) is 3.94. The minimum Gasteiger partial charge on any atom is -0.345 e. The second-order valence-electron chi connectivity index (χ2n) is 2.69. The summed E-state index contributed by atoms with van der Waals surface area (Å²) in [5.41, 5.74) is 0.319. The van der Waals surface area contributed by atoms with Gasteiger partial charge >= 0.3 is 0 Å². The lowest BCUT2D eigenvalue weighted by atomic mass is 10.2. The van der Waals surface area contributed by atoms with Gasteiger partial charge in [0.1, 0.15) is 5.15 Å². The van der Waals surface area contributed by atoms with Crippen LogP contribution in [-0.2, 0) is 0 Å². The quantitative estimate of drug-likeness (QED) is 0.677. The third-order valence-corrected chi connectivity index (χ3v) is 1.95. The monoisotopic (exact) mass is 218 g/mol.